The number of carbonyl (C=O) groups excluding carboxylic acids is 1. The predicted octanol–water partition coefficient (Wildman–Crippen LogP) is 3.88. The number of hydrogen-bond acceptors (Lipinski definition) is 5. The summed E-state index contributed by atoms with van der Waals surface area (Å²) < 4.78 is 11.8. The smallest absolute Gasteiger partial charge is 0.394 e. The number of benzene rings is 2. The molecule has 4 rings (SSSR count). The van der Waals surface area contributed by atoms with Crippen LogP contribution in [-0.4, -0.2) is 41.1 Å². The summed E-state index contributed by atoms with van der Waals surface area (Å²) in [4.78, 5) is 36.9. The van der Waals surface area contributed by atoms with Crippen LogP contribution in [0.15, 0.2) is 51.7 Å². The Morgan fingerprint density at radius 1 is 1.23 bits per heavy atom. The molecule has 0 unspecified atom stereocenters. The van der Waals surface area contributed by atoms with Gasteiger partial charge in [-0.15, -0.1) is 0 Å². The molecule has 0 atom stereocenters. The number of carbonyl (C=O) groups is 2. The minimum Gasteiger partial charge on any atom is -0.491 e. The van der Waals surface area contributed by atoms with E-state index >= 15 is 0 Å². The standard InChI is InChI=1S/C23H20ClNO6/c1-13-5-8-16(20-12-18(26)15-3-2-4-17(24)21(15)31-20)19(11-13)30-10-9-25(14-6-7-14)22(27)23(28)29/h2-5,8,11-12,14H,6-7,9-10H2,1H3,(H,28,29). The predicted molar refractivity (Wildman–Crippen MR) is 116 cm³/mol. The van der Waals surface area contributed by atoms with Crippen LogP contribution in [0.3, 0.4) is 0 Å². The van der Waals surface area contributed by atoms with Crippen molar-refractivity contribution in [1.82, 2.24) is 4.90 Å². The molecule has 1 aromatic heterocycles. The summed E-state index contributed by atoms with van der Waals surface area (Å²) in [6, 6.07) is 11.8. The Morgan fingerprint density at radius 2 is 2.00 bits per heavy atom. The molecule has 1 aliphatic rings. The van der Waals surface area contributed by atoms with Crippen molar-refractivity contribution in [1.29, 1.82) is 0 Å². The van der Waals surface area contributed by atoms with Crippen molar-refractivity contribution in [3.05, 3.63) is 63.3 Å². The lowest BCUT2D eigenvalue weighted by atomic mass is 10.1. The van der Waals surface area contributed by atoms with Gasteiger partial charge in [-0.3, -0.25) is 9.59 Å². The van der Waals surface area contributed by atoms with Gasteiger partial charge in [-0.2, -0.15) is 0 Å². The summed E-state index contributed by atoms with van der Waals surface area (Å²) in [7, 11) is 0. The molecule has 1 heterocycles. The van der Waals surface area contributed by atoms with Gasteiger partial charge in [0, 0.05) is 12.1 Å². The van der Waals surface area contributed by atoms with Crippen molar-refractivity contribution in [3.8, 4) is 17.1 Å². The van der Waals surface area contributed by atoms with Gasteiger partial charge < -0.3 is 19.2 Å². The fourth-order valence-electron chi connectivity index (χ4n) is 3.44. The first-order valence-corrected chi connectivity index (χ1v) is 10.2. The van der Waals surface area contributed by atoms with Crippen LogP contribution in [0.2, 0.25) is 5.02 Å². The van der Waals surface area contributed by atoms with Crippen LogP contribution < -0.4 is 10.2 Å². The highest BCUT2D eigenvalue weighted by Gasteiger charge is 2.35. The second-order valence-corrected chi connectivity index (χ2v) is 7.88. The molecule has 1 N–H and O–H groups in total. The van der Waals surface area contributed by atoms with Crippen molar-refractivity contribution < 1.29 is 23.8 Å². The quantitative estimate of drug-likeness (QED) is 0.583. The average molecular weight is 442 g/mol. The second-order valence-electron chi connectivity index (χ2n) is 7.47. The van der Waals surface area contributed by atoms with Crippen LogP contribution in [0.1, 0.15) is 18.4 Å². The topological polar surface area (TPSA) is 97.0 Å². The SMILES string of the molecule is Cc1ccc(-c2cc(=O)c3cccc(Cl)c3o2)c(OCCN(C(=O)C(=O)O)C2CC2)c1. The first kappa shape index (κ1) is 20.9. The monoisotopic (exact) mass is 441 g/mol. The molecule has 3 aromatic rings. The van der Waals surface area contributed by atoms with Gasteiger partial charge in [-0.1, -0.05) is 23.7 Å². The van der Waals surface area contributed by atoms with E-state index in [0.29, 0.717) is 33.1 Å². The summed E-state index contributed by atoms with van der Waals surface area (Å²) in [6.45, 7) is 2.15. The number of amides is 1. The van der Waals surface area contributed by atoms with Crippen molar-refractivity contribution in [2.75, 3.05) is 13.2 Å². The molecule has 0 spiro atoms. The number of aliphatic carboxylic acids is 1. The molecule has 0 saturated heterocycles. The lowest BCUT2D eigenvalue weighted by Gasteiger charge is -2.21. The molecule has 7 nitrogen and oxygen atoms in total. The molecule has 31 heavy (non-hydrogen) atoms. The minimum atomic E-state index is -1.47. The molecule has 0 bridgehead atoms. The third kappa shape index (κ3) is 4.41. The Morgan fingerprint density at radius 3 is 2.71 bits per heavy atom. The van der Waals surface area contributed by atoms with E-state index in [4.69, 9.17) is 25.9 Å². The first-order valence-electron chi connectivity index (χ1n) is 9.85. The van der Waals surface area contributed by atoms with E-state index in [1.807, 2.05) is 13.0 Å². The second kappa shape index (κ2) is 8.43. The Bertz CT molecular complexity index is 1230. The van der Waals surface area contributed by atoms with E-state index < -0.39 is 11.9 Å². The molecule has 0 aliphatic heterocycles. The zero-order chi connectivity index (χ0) is 22.1. The fraction of sp³-hybridized carbons (Fsp3) is 0.261. The zero-order valence-electron chi connectivity index (χ0n) is 16.8. The highest BCUT2D eigenvalue weighted by atomic mass is 35.5. The fourth-order valence-corrected chi connectivity index (χ4v) is 3.65. The largest absolute Gasteiger partial charge is 0.491 e. The number of carboxylic acid groups (broad SMARTS) is 1. The lowest BCUT2D eigenvalue weighted by Crippen LogP contribution is -2.40. The molecule has 8 heteroatoms. The maximum atomic E-state index is 12.6. The average Bonchev–Trinajstić information content (AvgIpc) is 3.56. The van der Waals surface area contributed by atoms with Crippen LogP contribution in [0, 0.1) is 6.92 Å². The number of nitrogens with zero attached hydrogens (tertiary/aromatic N) is 1. The van der Waals surface area contributed by atoms with Crippen LogP contribution in [0.25, 0.3) is 22.3 Å². The lowest BCUT2D eigenvalue weighted by molar-refractivity contribution is -0.156. The molecule has 1 amide bonds. The Balaban J connectivity index is 1.62. The third-order valence-electron chi connectivity index (χ3n) is 5.13. The van der Waals surface area contributed by atoms with Crippen LogP contribution in [0.5, 0.6) is 5.75 Å². The van der Waals surface area contributed by atoms with Gasteiger partial charge >= 0.3 is 11.9 Å². The van der Waals surface area contributed by atoms with E-state index in [2.05, 4.69) is 0 Å². The zero-order valence-corrected chi connectivity index (χ0v) is 17.5. The van der Waals surface area contributed by atoms with Gasteiger partial charge in [0.1, 0.15) is 18.1 Å². The maximum absolute atomic E-state index is 12.6. The summed E-state index contributed by atoms with van der Waals surface area (Å²) >= 11 is 6.21. The van der Waals surface area contributed by atoms with Gasteiger partial charge in [0.15, 0.2) is 11.0 Å². The molecule has 1 saturated carbocycles. The van der Waals surface area contributed by atoms with Gasteiger partial charge in [-0.25, -0.2) is 4.79 Å². The number of ether oxygens (including phenoxy) is 1. The van der Waals surface area contributed by atoms with Crippen LogP contribution in [0.4, 0.5) is 0 Å². The molecule has 1 fully saturated rings. The third-order valence-corrected chi connectivity index (χ3v) is 5.43. The first-order chi connectivity index (χ1) is 14.8. The summed E-state index contributed by atoms with van der Waals surface area (Å²) in [6.07, 6.45) is 1.58. The number of halogens is 1. The van der Waals surface area contributed by atoms with Crippen molar-refractivity contribution in [3.63, 3.8) is 0 Å². The van der Waals surface area contributed by atoms with E-state index in [1.54, 1.807) is 30.3 Å². The van der Waals surface area contributed by atoms with Crippen molar-refractivity contribution in [2.24, 2.45) is 0 Å². The number of hydrogen-bond donors (Lipinski definition) is 1. The van der Waals surface area contributed by atoms with E-state index in [-0.39, 0.29) is 24.6 Å². The van der Waals surface area contributed by atoms with Gasteiger partial charge in [-0.05, 0) is 49.6 Å². The molecule has 160 valence electrons. The Labute approximate surface area is 182 Å². The maximum Gasteiger partial charge on any atom is 0.394 e. The van der Waals surface area contributed by atoms with Gasteiger partial charge in [0.05, 0.1) is 22.5 Å². The Hall–Kier alpha value is -3.32. The van der Waals surface area contributed by atoms with Crippen molar-refractivity contribution in [2.45, 2.75) is 25.8 Å². The van der Waals surface area contributed by atoms with Gasteiger partial charge in [0.25, 0.3) is 0 Å². The van der Waals surface area contributed by atoms with Crippen LogP contribution >= 0.6 is 11.6 Å². The number of para-hydroxylation sites is 1. The van der Waals surface area contributed by atoms with E-state index in [1.165, 1.54) is 11.0 Å². The molecule has 2 aromatic carbocycles. The summed E-state index contributed by atoms with van der Waals surface area (Å²) in [5.41, 5.74) is 1.56. The normalized spacial score (nSPS) is 13.2. The number of aryl methyl sites for hydroxylation is 1. The summed E-state index contributed by atoms with van der Waals surface area (Å²) in [5, 5.41) is 9.74. The highest BCUT2D eigenvalue weighted by Crippen LogP contribution is 2.34. The molecular weight excluding hydrogens is 422 g/mol. The number of fused-ring (bicyclic) bond motifs is 1. The van der Waals surface area contributed by atoms with E-state index in [0.717, 1.165) is 18.4 Å². The highest BCUT2D eigenvalue weighted by molar-refractivity contribution is 6.34. The Kier molecular flexibility index (Phi) is 5.69. The molecular formula is C23H20ClNO6. The number of carboxylic acids is 1. The number of rotatable bonds is 6. The summed E-state index contributed by atoms with van der Waals surface area (Å²) in [5.74, 6) is -1.63. The van der Waals surface area contributed by atoms with Crippen LogP contribution in [-0.2, 0) is 9.59 Å². The van der Waals surface area contributed by atoms with E-state index in [9.17, 15) is 14.4 Å². The van der Waals surface area contributed by atoms with Gasteiger partial charge in [0.2, 0.25) is 0 Å². The molecule has 1 aliphatic carbocycles. The molecule has 0 radical (unpaired) electrons. The van der Waals surface area contributed by atoms with Crippen molar-refractivity contribution >= 4 is 34.4 Å². The minimum absolute atomic E-state index is 0.0511.